The minimum absolute atomic E-state index is 0.412. The van der Waals surface area contributed by atoms with Gasteiger partial charge in [-0.2, -0.15) is 0 Å². The topological polar surface area (TPSA) is 26.0 Å². The van der Waals surface area contributed by atoms with Crippen molar-refractivity contribution >= 4 is 11.3 Å². The summed E-state index contributed by atoms with van der Waals surface area (Å²) in [6, 6.07) is 3.30. The lowest BCUT2D eigenvalue weighted by Gasteiger charge is -2.00. The molecule has 1 aromatic heterocycles. The molecule has 1 nitrogen and oxygen atoms in total. The van der Waals surface area contributed by atoms with Gasteiger partial charge in [0.15, 0.2) is 0 Å². The second-order valence-electron chi connectivity index (χ2n) is 1.78. The quantitative estimate of drug-likeness (QED) is 0.673. The molecule has 0 radical (unpaired) electrons. The van der Waals surface area contributed by atoms with Crippen molar-refractivity contribution in [3.05, 3.63) is 22.4 Å². The summed E-state index contributed by atoms with van der Waals surface area (Å²) in [5, 5.41) is 1.89. The van der Waals surface area contributed by atoms with E-state index in [1.54, 1.807) is 0 Å². The van der Waals surface area contributed by atoms with Crippen LogP contribution in [0.15, 0.2) is 17.5 Å². The molecule has 0 aliphatic heterocycles. The van der Waals surface area contributed by atoms with Crippen molar-refractivity contribution in [3.8, 4) is 0 Å². The number of alkyl halides is 1. The summed E-state index contributed by atoms with van der Waals surface area (Å²) in [7, 11) is 0. The van der Waals surface area contributed by atoms with Crippen molar-refractivity contribution < 1.29 is 4.39 Å². The molecule has 0 unspecified atom stereocenters. The minimum atomic E-state index is -0.472. The first-order valence-corrected chi connectivity index (χ1v) is 3.57. The fraction of sp³-hybridized carbons (Fsp3) is 0.333. The molecule has 1 heterocycles. The average molecular weight is 145 g/mol. The summed E-state index contributed by atoms with van der Waals surface area (Å²) in [6.07, 6.45) is 0. The molecule has 9 heavy (non-hydrogen) atoms. The Morgan fingerprint density at radius 1 is 1.78 bits per heavy atom. The first-order chi connectivity index (χ1) is 4.34. The zero-order valence-electron chi connectivity index (χ0n) is 4.88. The molecule has 2 N–H and O–H groups in total. The van der Waals surface area contributed by atoms with Crippen LogP contribution in [0, 0.1) is 0 Å². The molecule has 0 saturated heterocycles. The Morgan fingerprint density at radius 3 is 3.00 bits per heavy atom. The zero-order valence-corrected chi connectivity index (χ0v) is 5.70. The second-order valence-corrected chi connectivity index (χ2v) is 2.76. The van der Waals surface area contributed by atoms with Crippen LogP contribution in [0.5, 0.6) is 0 Å². The SMILES string of the molecule is N[C@@H](CF)c1cccs1. The number of hydrogen-bond acceptors (Lipinski definition) is 2. The molecule has 3 heteroatoms. The van der Waals surface area contributed by atoms with Crippen molar-refractivity contribution in [2.24, 2.45) is 5.73 Å². The fourth-order valence-electron chi connectivity index (χ4n) is 0.578. The van der Waals surface area contributed by atoms with E-state index in [1.807, 2.05) is 17.5 Å². The van der Waals surface area contributed by atoms with Gasteiger partial charge in [0.25, 0.3) is 0 Å². The van der Waals surface area contributed by atoms with E-state index in [4.69, 9.17) is 5.73 Å². The monoisotopic (exact) mass is 145 g/mol. The fourth-order valence-corrected chi connectivity index (χ4v) is 1.29. The Kier molecular flexibility index (Phi) is 2.19. The summed E-state index contributed by atoms with van der Waals surface area (Å²) < 4.78 is 11.8. The zero-order chi connectivity index (χ0) is 6.69. The van der Waals surface area contributed by atoms with Crippen LogP contribution in [0.1, 0.15) is 10.9 Å². The first kappa shape index (κ1) is 6.71. The molecule has 0 aromatic carbocycles. The molecule has 1 aromatic rings. The van der Waals surface area contributed by atoms with E-state index in [-0.39, 0.29) is 0 Å². The summed E-state index contributed by atoms with van der Waals surface area (Å²) >= 11 is 1.49. The van der Waals surface area contributed by atoms with Crippen molar-refractivity contribution in [1.82, 2.24) is 0 Å². The Hall–Kier alpha value is -0.410. The highest BCUT2D eigenvalue weighted by molar-refractivity contribution is 7.10. The van der Waals surface area contributed by atoms with Crippen LogP contribution >= 0.6 is 11.3 Å². The van der Waals surface area contributed by atoms with E-state index >= 15 is 0 Å². The van der Waals surface area contributed by atoms with Gasteiger partial charge in [-0.3, -0.25) is 0 Å². The molecule has 0 amide bonds. The Balaban J connectivity index is 2.65. The van der Waals surface area contributed by atoms with Crippen molar-refractivity contribution in [2.75, 3.05) is 6.67 Å². The largest absolute Gasteiger partial charge is 0.321 e. The lowest BCUT2D eigenvalue weighted by molar-refractivity contribution is 0.440. The maximum Gasteiger partial charge on any atom is 0.109 e. The van der Waals surface area contributed by atoms with Gasteiger partial charge >= 0.3 is 0 Å². The highest BCUT2D eigenvalue weighted by Crippen LogP contribution is 2.16. The van der Waals surface area contributed by atoms with Gasteiger partial charge in [0.1, 0.15) is 6.67 Å². The minimum Gasteiger partial charge on any atom is -0.321 e. The average Bonchev–Trinajstić information content (AvgIpc) is 2.37. The molecular formula is C6H8FNS. The third kappa shape index (κ3) is 1.50. The van der Waals surface area contributed by atoms with Gasteiger partial charge in [-0.25, -0.2) is 4.39 Å². The molecule has 0 saturated carbocycles. The van der Waals surface area contributed by atoms with E-state index in [0.717, 1.165) is 4.88 Å². The van der Waals surface area contributed by atoms with Crippen LogP contribution in [0.4, 0.5) is 4.39 Å². The lowest BCUT2D eigenvalue weighted by Crippen LogP contribution is -2.09. The predicted molar refractivity (Wildman–Crippen MR) is 37.2 cm³/mol. The molecule has 1 atom stereocenters. The van der Waals surface area contributed by atoms with Crippen molar-refractivity contribution in [1.29, 1.82) is 0 Å². The van der Waals surface area contributed by atoms with E-state index < -0.39 is 12.7 Å². The third-order valence-corrected chi connectivity index (χ3v) is 2.08. The molecule has 0 aliphatic carbocycles. The summed E-state index contributed by atoms with van der Waals surface area (Å²) in [5.74, 6) is 0. The Labute approximate surface area is 57.3 Å². The Bertz CT molecular complexity index is 162. The maximum atomic E-state index is 11.8. The Morgan fingerprint density at radius 2 is 2.56 bits per heavy atom. The molecule has 1 rings (SSSR count). The van der Waals surface area contributed by atoms with E-state index in [0.29, 0.717) is 0 Å². The highest BCUT2D eigenvalue weighted by atomic mass is 32.1. The molecule has 0 bridgehead atoms. The summed E-state index contributed by atoms with van der Waals surface area (Å²) in [6.45, 7) is -0.472. The van der Waals surface area contributed by atoms with Gasteiger partial charge in [-0.05, 0) is 11.4 Å². The molecular weight excluding hydrogens is 137 g/mol. The van der Waals surface area contributed by atoms with Crippen LogP contribution in [-0.2, 0) is 0 Å². The van der Waals surface area contributed by atoms with E-state index in [2.05, 4.69) is 0 Å². The highest BCUT2D eigenvalue weighted by Gasteiger charge is 2.03. The van der Waals surface area contributed by atoms with Gasteiger partial charge in [0.05, 0.1) is 6.04 Å². The number of rotatable bonds is 2. The van der Waals surface area contributed by atoms with Gasteiger partial charge in [0.2, 0.25) is 0 Å². The van der Waals surface area contributed by atoms with Crippen LogP contribution < -0.4 is 5.73 Å². The van der Waals surface area contributed by atoms with E-state index in [1.165, 1.54) is 11.3 Å². The van der Waals surface area contributed by atoms with Crippen LogP contribution in [0.25, 0.3) is 0 Å². The van der Waals surface area contributed by atoms with E-state index in [9.17, 15) is 4.39 Å². The number of nitrogens with two attached hydrogens (primary N) is 1. The van der Waals surface area contributed by atoms with Crippen molar-refractivity contribution in [3.63, 3.8) is 0 Å². The predicted octanol–water partition coefficient (Wildman–Crippen LogP) is 1.72. The summed E-state index contributed by atoms with van der Waals surface area (Å²) in [5.41, 5.74) is 5.37. The second kappa shape index (κ2) is 2.94. The van der Waals surface area contributed by atoms with Crippen LogP contribution in [0.3, 0.4) is 0 Å². The molecule has 0 aliphatic rings. The van der Waals surface area contributed by atoms with Gasteiger partial charge in [0, 0.05) is 4.88 Å². The number of hydrogen-bond donors (Lipinski definition) is 1. The standard InChI is InChI=1S/C6H8FNS/c7-4-5(8)6-2-1-3-9-6/h1-3,5H,4,8H2/t5-/m0/s1. The smallest absolute Gasteiger partial charge is 0.109 e. The van der Waals surface area contributed by atoms with Gasteiger partial charge in [-0.1, -0.05) is 6.07 Å². The molecule has 0 fully saturated rings. The number of halogens is 1. The molecule has 0 spiro atoms. The van der Waals surface area contributed by atoms with Gasteiger partial charge < -0.3 is 5.73 Å². The van der Waals surface area contributed by atoms with Gasteiger partial charge in [-0.15, -0.1) is 11.3 Å². The van der Waals surface area contributed by atoms with Crippen molar-refractivity contribution in [2.45, 2.75) is 6.04 Å². The van der Waals surface area contributed by atoms with Crippen LogP contribution in [0.2, 0.25) is 0 Å². The molecule has 50 valence electrons. The third-order valence-electron chi connectivity index (χ3n) is 1.07. The number of thiophene rings is 1. The lowest BCUT2D eigenvalue weighted by atomic mass is 10.3. The first-order valence-electron chi connectivity index (χ1n) is 2.69. The maximum absolute atomic E-state index is 11.8. The van der Waals surface area contributed by atoms with Crippen LogP contribution in [-0.4, -0.2) is 6.67 Å². The normalized spacial score (nSPS) is 13.6. The summed E-state index contributed by atoms with van der Waals surface area (Å²) in [4.78, 5) is 0.914.